The fraction of sp³-hybridized carbons (Fsp3) is 0.276. The maximum atomic E-state index is 13.6. The van der Waals surface area contributed by atoms with E-state index in [2.05, 4.69) is 30.1 Å². The van der Waals surface area contributed by atoms with E-state index in [4.69, 9.17) is 5.73 Å². The normalized spacial score (nSPS) is 18.8. The van der Waals surface area contributed by atoms with Gasteiger partial charge in [-0.15, -0.1) is 10.2 Å². The van der Waals surface area contributed by atoms with Crippen molar-refractivity contribution < 1.29 is 9.59 Å². The van der Waals surface area contributed by atoms with Crippen LogP contribution in [0.4, 0.5) is 5.13 Å². The van der Waals surface area contributed by atoms with Crippen molar-refractivity contribution in [1.29, 1.82) is 5.26 Å². The predicted molar refractivity (Wildman–Crippen MR) is 150 cm³/mol. The van der Waals surface area contributed by atoms with E-state index < -0.39 is 5.92 Å². The van der Waals surface area contributed by atoms with Gasteiger partial charge in [0.05, 0.1) is 23.3 Å². The Hall–Kier alpha value is -3.74. The van der Waals surface area contributed by atoms with Gasteiger partial charge in [-0.05, 0) is 24.3 Å². The minimum atomic E-state index is -0.523. The Morgan fingerprint density at radius 2 is 1.87 bits per heavy atom. The van der Waals surface area contributed by atoms with Crippen LogP contribution in [0.5, 0.6) is 0 Å². The molecule has 0 fully saturated rings. The lowest BCUT2D eigenvalue weighted by atomic mass is 9.69. The molecule has 1 aliphatic heterocycles. The topological polar surface area (TPSA) is 113 Å². The molecule has 7 nitrogen and oxygen atoms in total. The first-order valence-corrected chi connectivity index (χ1v) is 14.1. The molecule has 0 saturated heterocycles. The highest BCUT2D eigenvalue weighted by atomic mass is 32.2. The molecular weight excluding hydrogens is 514 g/mol. The van der Waals surface area contributed by atoms with Gasteiger partial charge in [-0.2, -0.15) is 5.26 Å². The number of aryl methyl sites for hydroxylation is 1. The van der Waals surface area contributed by atoms with Gasteiger partial charge in [-0.1, -0.05) is 97.1 Å². The molecule has 0 saturated carbocycles. The molecule has 0 radical (unpaired) electrons. The first-order valence-electron chi connectivity index (χ1n) is 12.3. The SMILES string of the molecule is Cc1ccc(C(=O)CSc2nnc(N3C(N)=C(C#N)C(c4ccccc4)C4=C3CC(C)(C)CC4=O)s2)cc1. The minimum absolute atomic E-state index is 0.00576. The number of anilines is 1. The molecule has 192 valence electrons. The summed E-state index contributed by atoms with van der Waals surface area (Å²) in [5.41, 5.74) is 10.7. The van der Waals surface area contributed by atoms with Gasteiger partial charge >= 0.3 is 0 Å². The maximum Gasteiger partial charge on any atom is 0.219 e. The van der Waals surface area contributed by atoms with E-state index in [0.717, 1.165) is 16.8 Å². The highest BCUT2D eigenvalue weighted by molar-refractivity contribution is 8.01. The summed E-state index contributed by atoms with van der Waals surface area (Å²) in [6.07, 6.45) is 0.991. The largest absolute Gasteiger partial charge is 0.384 e. The summed E-state index contributed by atoms with van der Waals surface area (Å²) in [7, 11) is 0. The second-order valence-electron chi connectivity index (χ2n) is 10.3. The first-order chi connectivity index (χ1) is 18.2. The number of rotatable bonds is 6. The molecule has 0 spiro atoms. The summed E-state index contributed by atoms with van der Waals surface area (Å²) in [6.45, 7) is 6.10. The van der Waals surface area contributed by atoms with Crippen LogP contribution in [0.25, 0.3) is 0 Å². The van der Waals surface area contributed by atoms with E-state index in [-0.39, 0.29) is 28.6 Å². The Balaban J connectivity index is 1.50. The molecule has 2 heterocycles. The molecule has 2 aliphatic rings. The zero-order valence-corrected chi connectivity index (χ0v) is 23.0. The monoisotopic (exact) mass is 541 g/mol. The average molecular weight is 542 g/mol. The highest BCUT2D eigenvalue weighted by Crippen LogP contribution is 2.50. The summed E-state index contributed by atoms with van der Waals surface area (Å²) >= 11 is 2.61. The number of hydrogen-bond donors (Lipinski definition) is 1. The van der Waals surface area contributed by atoms with Crippen LogP contribution in [0, 0.1) is 23.7 Å². The van der Waals surface area contributed by atoms with E-state index in [1.54, 1.807) is 4.90 Å². The fourth-order valence-electron chi connectivity index (χ4n) is 5.01. The number of carbonyl (C=O) groups excluding carboxylic acids is 2. The van der Waals surface area contributed by atoms with Gasteiger partial charge in [0.15, 0.2) is 15.9 Å². The molecule has 1 aromatic heterocycles. The van der Waals surface area contributed by atoms with Crippen LogP contribution in [0.1, 0.15) is 54.1 Å². The molecular formula is C29H27N5O2S2. The van der Waals surface area contributed by atoms with E-state index in [0.29, 0.717) is 39.0 Å². The van der Waals surface area contributed by atoms with Crippen LogP contribution in [0.2, 0.25) is 0 Å². The van der Waals surface area contributed by atoms with Gasteiger partial charge < -0.3 is 5.73 Å². The van der Waals surface area contributed by atoms with Crippen molar-refractivity contribution >= 4 is 39.8 Å². The van der Waals surface area contributed by atoms with Gasteiger partial charge in [0.25, 0.3) is 0 Å². The van der Waals surface area contributed by atoms with Crippen molar-refractivity contribution in [2.75, 3.05) is 10.7 Å². The number of nitrogens with zero attached hydrogens (tertiary/aromatic N) is 4. The number of ketones is 2. The van der Waals surface area contributed by atoms with Crippen LogP contribution in [-0.4, -0.2) is 27.5 Å². The van der Waals surface area contributed by atoms with Crippen molar-refractivity contribution in [3.63, 3.8) is 0 Å². The predicted octanol–water partition coefficient (Wildman–Crippen LogP) is 5.76. The van der Waals surface area contributed by atoms with Crippen LogP contribution in [0.3, 0.4) is 0 Å². The number of thioether (sulfide) groups is 1. The van der Waals surface area contributed by atoms with Gasteiger partial charge in [0.1, 0.15) is 5.82 Å². The van der Waals surface area contributed by atoms with Crippen molar-refractivity contribution in [3.8, 4) is 6.07 Å². The van der Waals surface area contributed by atoms with Crippen LogP contribution < -0.4 is 10.6 Å². The summed E-state index contributed by atoms with van der Waals surface area (Å²) in [5.74, 6) is -0.0227. The lowest BCUT2D eigenvalue weighted by molar-refractivity contribution is -0.118. The number of carbonyl (C=O) groups is 2. The molecule has 3 aromatic rings. The van der Waals surface area contributed by atoms with Crippen molar-refractivity contribution in [3.05, 3.63) is 94.0 Å². The Labute approximate surface area is 230 Å². The van der Waals surface area contributed by atoms with Gasteiger partial charge in [-0.3, -0.25) is 14.5 Å². The van der Waals surface area contributed by atoms with E-state index in [1.165, 1.54) is 23.1 Å². The Bertz CT molecular complexity index is 1510. The molecule has 1 atom stereocenters. The number of allylic oxidation sites excluding steroid dienone is 3. The third-order valence-corrected chi connectivity index (χ3v) is 8.84. The standard InChI is InChI=1S/C29H27N5O2S2/c1-17-9-11-18(12-10-17)23(36)16-37-28-33-32-27(38-28)34-21-13-29(2,3)14-22(35)25(21)24(20(15-30)26(34)31)19-7-5-4-6-8-19/h4-12,24H,13-14,16,31H2,1-3H3. The van der Waals surface area contributed by atoms with E-state index >= 15 is 0 Å². The first kappa shape index (κ1) is 25.9. The molecule has 9 heteroatoms. The molecule has 1 unspecified atom stereocenters. The number of Topliss-reactive ketones (excluding diaryl/α,β-unsaturated/α-hetero) is 2. The second kappa shape index (κ2) is 10.2. The van der Waals surface area contributed by atoms with Crippen LogP contribution in [-0.2, 0) is 4.79 Å². The molecule has 0 bridgehead atoms. The highest BCUT2D eigenvalue weighted by Gasteiger charge is 2.45. The van der Waals surface area contributed by atoms with E-state index in [1.807, 2.05) is 61.5 Å². The zero-order chi connectivity index (χ0) is 27.0. The number of nitrogens with two attached hydrogens (primary N) is 1. The molecule has 5 rings (SSSR count). The number of nitriles is 1. The van der Waals surface area contributed by atoms with E-state index in [9.17, 15) is 14.9 Å². The minimum Gasteiger partial charge on any atom is -0.384 e. The van der Waals surface area contributed by atoms with Crippen molar-refractivity contribution in [2.45, 2.75) is 43.9 Å². The quantitative estimate of drug-likeness (QED) is 0.309. The van der Waals surface area contributed by atoms with Gasteiger partial charge in [0.2, 0.25) is 5.13 Å². The Morgan fingerprint density at radius 3 is 2.55 bits per heavy atom. The fourth-order valence-corrected chi connectivity index (χ4v) is 6.78. The van der Waals surface area contributed by atoms with Crippen molar-refractivity contribution in [2.24, 2.45) is 11.1 Å². The average Bonchev–Trinajstić information content (AvgIpc) is 3.35. The lowest BCUT2D eigenvalue weighted by Gasteiger charge is -2.42. The third-order valence-electron chi connectivity index (χ3n) is 6.80. The summed E-state index contributed by atoms with van der Waals surface area (Å²) < 4.78 is 0.612. The summed E-state index contributed by atoms with van der Waals surface area (Å²) in [6, 6.07) is 19.3. The smallest absolute Gasteiger partial charge is 0.219 e. The zero-order valence-electron chi connectivity index (χ0n) is 21.4. The number of hydrogen-bond acceptors (Lipinski definition) is 9. The third kappa shape index (κ3) is 4.89. The number of aromatic nitrogens is 2. The van der Waals surface area contributed by atoms with Gasteiger partial charge in [0, 0.05) is 23.3 Å². The second-order valence-corrected chi connectivity index (χ2v) is 12.5. The van der Waals surface area contributed by atoms with Crippen molar-refractivity contribution in [1.82, 2.24) is 10.2 Å². The van der Waals surface area contributed by atoms with Gasteiger partial charge in [-0.25, -0.2) is 0 Å². The molecule has 2 N–H and O–H groups in total. The maximum absolute atomic E-state index is 13.6. The Kier molecular flexibility index (Phi) is 6.95. The number of benzene rings is 2. The summed E-state index contributed by atoms with van der Waals surface area (Å²) in [5, 5.41) is 19.3. The Morgan fingerprint density at radius 1 is 1.16 bits per heavy atom. The lowest BCUT2D eigenvalue weighted by Crippen LogP contribution is -2.42. The molecule has 38 heavy (non-hydrogen) atoms. The van der Waals surface area contributed by atoms with Crippen LogP contribution in [0.15, 0.2) is 81.6 Å². The van der Waals surface area contributed by atoms with Crippen LogP contribution >= 0.6 is 23.1 Å². The summed E-state index contributed by atoms with van der Waals surface area (Å²) in [4.78, 5) is 28.0. The molecule has 0 amide bonds. The molecule has 2 aromatic carbocycles. The molecule has 1 aliphatic carbocycles.